The molecule has 50 heavy (non-hydrogen) atoms. The van der Waals surface area contributed by atoms with Gasteiger partial charge < -0.3 is 9.47 Å². The smallest absolute Gasteiger partial charge is 0.127 e. The fourth-order valence-electron chi connectivity index (χ4n) is 5.85. The molecule has 0 saturated carbocycles. The first-order valence-electron chi connectivity index (χ1n) is 17.2. The number of hydrogen-bond acceptors (Lipinski definition) is 2. The fraction of sp³-hybridized carbons (Fsp3) is 0.167. The highest BCUT2D eigenvalue weighted by atomic mass is 16.5. The Labute approximate surface area is 296 Å². The van der Waals surface area contributed by atoms with E-state index >= 15 is 0 Å². The van der Waals surface area contributed by atoms with Crippen molar-refractivity contribution in [2.24, 2.45) is 0 Å². The zero-order chi connectivity index (χ0) is 34.7. The molecule has 0 amide bonds. The summed E-state index contributed by atoms with van der Waals surface area (Å²) in [4.78, 5) is 0. The molecule has 0 N–H and O–H groups in total. The van der Waals surface area contributed by atoms with Crippen LogP contribution in [-0.2, 0) is 0 Å². The van der Waals surface area contributed by atoms with E-state index < -0.39 is 0 Å². The Morgan fingerprint density at radius 3 is 1.26 bits per heavy atom. The van der Waals surface area contributed by atoms with Gasteiger partial charge in [-0.2, -0.15) is 0 Å². The molecule has 0 aliphatic heterocycles. The van der Waals surface area contributed by atoms with Crippen LogP contribution in [0, 0.1) is 48.4 Å². The van der Waals surface area contributed by atoms with E-state index in [9.17, 15) is 0 Å². The summed E-state index contributed by atoms with van der Waals surface area (Å²) >= 11 is 0. The first-order valence-corrected chi connectivity index (χ1v) is 17.2. The van der Waals surface area contributed by atoms with Gasteiger partial charge in [0.2, 0.25) is 0 Å². The molecule has 2 heteroatoms. The summed E-state index contributed by atoms with van der Waals surface area (Å²) in [6, 6.07) is 36.6. The van der Waals surface area contributed by atoms with Crippen molar-refractivity contribution >= 4 is 21.5 Å². The van der Waals surface area contributed by atoms with E-state index in [0.29, 0.717) is 13.2 Å². The van der Waals surface area contributed by atoms with E-state index in [0.717, 1.165) is 103 Å². The van der Waals surface area contributed by atoms with Crippen molar-refractivity contribution in [2.45, 2.75) is 39.5 Å². The van der Waals surface area contributed by atoms with Gasteiger partial charge in [-0.05, 0) is 107 Å². The van der Waals surface area contributed by atoms with E-state index in [1.807, 2.05) is 48.5 Å². The highest BCUT2D eigenvalue weighted by molar-refractivity contribution is 6.10. The predicted octanol–water partition coefficient (Wildman–Crippen LogP) is 10.8. The standard InChI is InChI=1S/C48H38O2/c1-5-9-29-49-45-27-23-41-33-39(19-17-37-15-11-13-35(7-3)31-37)21-25-43(41)47(45)48-44-26-22-40(20-18-38-16-12-14-36(8-4)32-38)34-42(44)24-28-46(48)50-30-10-6-2/h3-4,11-16,21-28,31-34H,5-6,9-10,29-30H2,1-2H3. The maximum absolute atomic E-state index is 6.52. The number of benzene rings is 6. The summed E-state index contributed by atoms with van der Waals surface area (Å²) in [7, 11) is 0. The molecule has 6 aromatic rings. The molecule has 0 unspecified atom stereocenters. The van der Waals surface area contributed by atoms with Crippen LogP contribution in [-0.4, -0.2) is 13.2 Å². The second-order valence-electron chi connectivity index (χ2n) is 12.1. The Morgan fingerprint density at radius 2 is 0.860 bits per heavy atom. The largest absolute Gasteiger partial charge is 0.493 e. The summed E-state index contributed by atoms with van der Waals surface area (Å²) in [6.45, 7) is 5.61. The van der Waals surface area contributed by atoms with Gasteiger partial charge in [-0.1, -0.05) is 98.6 Å². The van der Waals surface area contributed by atoms with Crippen molar-refractivity contribution in [1.82, 2.24) is 0 Å². The van der Waals surface area contributed by atoms with E-state index in [1.165, 1.54) is 0 Å². The van der Waals surface area contributed by atoms with Crippen LogP contribution in [0.25, 0.3) is 32.7 Å². The van der Waals surface area contributed by atoms with Crippen LogP contribution in [0.1, 0.15) is 72.9 Å². The molecular weight excluding hydrogens is 609 g/mol. The van der Waals surface area contributed by atoms with Gasteiger partial charge in [-0.15, -0.1) is 12.8 Å². The van der Waals surface area contributed by atoms with Crippen molar-refractivity contribution in [1.29, 1.82) is 0 Å². The number of rotatable bonds is 9. The first-order chi connectivity index (χ1) is 24.6. The lowest BCUT2D eigenvalue weighted by atomic mass is 9.91. The average molecular weight is 647 g/mol. The van der Waals surface area contributed by atoms with Gasteiger partial charge in [0.05, 0.1) is 13.2 Å². The Balaban J connectivity index is 1.50. The molecule has 6 rings (SSSR count). The van der Waals surface area contributed by atoms with Crippen molar-refractivity contribution in [3.8, 4) is 71.0 Å². The minimum Gasteiger partial charge on any atom is -0.493 e. The normalized spacial score (nSPS) is 10.3. The summed E-state index contributed by atoms with van der Waals surface area (Å²) in [5, 5.41) is 4.29. The summed E-state index contributed by atoms with van der Waals surface area (Å²) in [5.74, 6) is 20.3. The fourth-order valence-corrected chi connectivity index (χ4v) is 5.85. The third-order valence-electron chi connectivity index (χ3n) is 8.48. The van der Waals surface area contributed by atoms with Crippen molar-refractivity contribution in [3.05, 3.63) is 143 Å². The summed E-state index contributed by atoms with van der Waals surface area (Å²) in [6.07, 6.45) is 15.2. The topological polar surface area (TPSA) is 18.5 Å². The number of fused-ring (bicyclic) bond motifs is 2. The lowest BCUT2D eigenvalue weighted by Gasteiger charge is -2.20. The Hall–Kier alpha value is -6.32. The van der Waals surface area contributed by atoms with Gasteiger partial charge in [0.15, 0.2) is 0 Å². The van der Waals surface area contributed by atoms with Crippen LogP contribution in [0.3, 0.4) is 0 Å². The molecule has 242 valence electrons. The third-order valence-corrected chi connectivity index (χ3v) is 8.48. The molecule has 0 bridgehead atoms. The number of ether oxygens (including phenoxy) is 2. The number of hydrogen-bond donors (Lipinski definition) is 0. The lowest BCUT2D eigenvalue weighted by Crippen LogP contribution is -2.02. The van der Waals surface area contributed by atoms with Gasteiger partial charge >= 0.3 is 0 Å². The zero-order valence-corrected chi connectivity index (χ0v) is 28.6. The Morgan fingerprint density at radius 1 is 0.460 bits per heavy atom. The van der Waals surface area contributed by atoms with Gasteiger partial charge in [0, 0.05) is 44.5 Å². The zero-order valence-electron chi connectivity index (χ0n) is 28.6. The summed E-state index contributed by atoms with van der Waals surface area (Å²) < 4.78 is 13.0. The van der Waals surface area contributed by atoms with Crippen LogP contribution < -0.4 is 9.47 Å². The molecule has 2 nitrogen and oxygen atoms in total. The first kappa shape index (κ1) is 33.6. The van der Waals surface area contributed by atoms with Crippen LogP contribution >= 0.6 is 0 Å². The Kier molecular flexibility index (Phi) is 10.9. The molecule has 0 saturated heterocycles. The van der Waals surface area contributed by atoms with Crippen molar-refractivity contribution < 1.29 is 9.47 Å². The van der Waals surface area contributed by atoms with Gasteiger partial charge in [0.1, 0.15) is 11.5 Å². The van der Waals surface area contributed by atoms with Gasteiger partial charge in [0.25, 0.3) is 0 Å². The molecule has 0 aromatic heterocycles. The SMILES string of the molecule is C#Cc1cccc(C#Cc2ccc3c(-c4c(OCCCC)ccc5cc(C#Cc6cccc(C#C)c6)ccc45)c(OCCCC)ccc3c2)c1. The van der Waals surface area contributed by atoms with E-state index in [1.54, 1.807) is 0 Å². The van der Waals surface area contributed by atoms with Crippen LogP contribution in [0.5, 0.6) is 11.5 Å². The molecule has 0 fully saturated rings. The minimum absolute atomic E-state index is 0.632. The molecule has 0 atom stereocenters. The maximum Gasteiger partial charge on any atom is 0.127 e. The van der Waals surface area contributed by atoms with Gasteiger partial charge in [-0.3, -0.25) is 0 Å². The summed E-state index contributed by atoms with van der Waals surface area (Å²) in [5.41, 5.74) is 7.27. The van der Waals surface area contributed by atoms with E-state index in [-0.39, 0.29) is 0 Å². The van der Waals surface area contributed by atoms with E-state index in [4.69, 9.17) is 22.3 Å². The monoisotopic (exact) mass is 646 g/mol. The maximum atomic E-state index is 6.52. The molecule has 6 aromatic carbocycles. The second-order valence-corrected chi connectivity index (χ2v) is 12.1. The van der Waals surface area contributed by atoms with Crippen molar-refractivity contribution in [2.75, 3.05) is 13.2 Å². The van der Waals surface area contributed by atoms with Crippen LogP contribution in [0.2, 0.25) is 0 Å². The van der Waals surface area contributed by atoms with Crippen LogP contribution in [0.15, 0.2) is 109 Å². The average Bonchev–Trinajstić information content (AvgIpc) is 3.16. The van der Waals surface area contributed by atoms with Gasteiger partial charge in [-0.25, -0.2) is 0 Å². The third kappa shape index (κ3) is 7.86. The highest BCUT2D eigenvalue weighted by Crippen LogP contribution is 2.46. The molecule has 0 spiro atoms. The van der Waals surface area contributed by atoms with E-state index in [2.05, 4.69) is 110 Å². The molecule has 0 aliphatic carbocycles. The number of unbranched alkanes of at least 4 members (excludes halogenated alkanes) is 2. The lowest BCUT2D eigenvalue weighted by molar-refractivity contribution is 0.306. The van der Waals surface area contributed by atoms with Crippen LogP contribution in [0.4, 0.5) is 0 Å². The van der Waals surface area contributed by atoms with Crippen molar-refractivity contribution in [3.63, 3.8) is 0 Å². The quantitative estimate of drug-likeness (QED) is 0.115. The Bertz CT molecular complexity index is 2220. The second kappa shape index (κ2) is 16.2. The predicted molar refractivity (Wildman–Crippen MR) is 208 cm³/mol. The molecule has 0 heterocycles. The molecular formula is C48H38O2. The molecule has 0 radical (unpaired) electrons. The highest BCUT2D eigenvalue weighted by Gasteiger charge is 2.20. The molecule has 0 aliphatic rings. The minimum atomic E-state index is 0.632. The number of terminal acetylenes is 2.